The SMILES string of the molecule is C[C@@H]1C=CC[C@H]2C(=O)N(N(CC(=O)c3ccc(OC(=O)c4ccc(Cl)cc4Cl)cc3)C(=O)c3ccc([N+](=O)[O-])cc3)C(=O)[C@H]12. The van der Waals surface area contributed by atoms with E-state index in [4.69, 9.17) is 27.9 Å². The molecule has 1 fully saturated rings. The summed E-state index contributed by atoms with van der Waals surface area (Å²) in [6.07, 6.45) is 3.95. The highest BCUT2D eigenvalue weighted by Gasteiger charge is 2.53. The third kappa shape index (κ3) is 5.97. The third-order valence-electron chi connectivity index (χ3n) is 7.48. The van der Waals surface area contributed by atoms with E-state index in [2.05, 4.69) is 0 Å². The number of Topliss-reactive ketones (excluding diaryl/α,β-unsaturated/α-hetero) is 1. The Bertz CT molecular complexity index is 1720. The Balaban J connectivity index is 1.39. The van der Waals surface area contributed by atoms with Gasteiger partial charge in [-0.2, -0.15) is 5.01 Å². The molecule has 13 heteroatoms. The van der Waals surface area contributed by atoms with Gasteiger partial charge >= 0.3 is 5.97 Å². The molecule has 0 radical (unpaired) electrons. The van der Waals surface area contributed by atoms with Crippen LogP contribution in [0.1, 0.15) is 44.4 Å². The smallest absolute Gasteiger partial charge is 0.345 e. The summed E-state index contributed by atoms with van der Waals surface area (Å²) in [6.45, 7) is 1.11. The lowest BCUT2D eigenvalue weighted by Crippen LogP contribution is -2.52. The molecule has 0 spiro atoms. The Morgan fingerprint density at radius 1 is 0.977 bits per heavy atom. The first-order valence-electron chi connectivity index (χ1n) is 13.4. The molecule has 1 aliphatic heterocycles. The molecule has 0 bridgehead atoms. The van der Waals surface area contributed by atoms with Crippen molar-refractivity contribution in [3.8, 4) is 5.75 Å². The molecule has 3 aromatic rings. The lowest BCUT2D eigenvalue weighted by Gasteiger charge is -2.30. The summed E-state index contributed by atoms with van der Waals surface area (Å²) in [7, 11) is 0. The van der Waals surface area contributed by atoms with Crippen molar-refractivity contribution in [2.24, 2.45) is 17.8 Å². The van der Waals surface area contributed by atoms with Crippen molar-refractivity contribution in [1.29, 1.82) is 0 Å². The van der Waals surface area contributed by atoms with E-state index in [1.54, 1.807) is 6.92 Å². The fraction of sp³-hybridized carbons (Fsp3) is 0.194. The number of fused-ring (bicyclic) bond motifs is 1. The van der Waals surface area contributed by atoms with Crippen LogP contribution < -0.4 is 4.74 Å². The van der Waals surface area contributed by atoms with Gasteiger partial charge in [-0.25, -0.2) is 9.80 Å². The summed E-state index contributed by atoms with van der Waals surface area (Å²) in [5.74, 6) is -5.00. The zero-order chi connectivity index (χ0) is 31.7. The van der Waals surface area contributed by atoms with Gasteiger partial charge in [-0.15, -0.1) is 0 Å². The molecule has 1 aliphatic carbocycles. The van der Waals surface area contributed by atoms with Crippen LogP contribution in [-0.2, 0) is 9.59 Å². The molecule has 0 saturated carbocycles. The Kier molecular flexibility index (Phi) is 8.61. The summed E-state index contributed by atoms with van der Waals surface area (Å²) < 4.78 is 5.34. The minimum absolute atomic E-state index is 0.0619. The van der Waals surface area contributed by atoms with Crippen LogP contribution in [0.4, 0.5) is 5.69 Å². The normalized spacial score (nSPS) is 19.0. The Labute approximate surface area is 260 Å². The van der Waals surface area contributed by atoms with Crippen LogP contribution in [0.25, 0.3) is 0 Å². The molecule has 2 aliphatic rings. The maximum atomic E-state index is 13.7. The van der Waals surface area contributed by atoms with Crippen LogP contribution in [0.2, 0.25) is 10.0 Å². The summed E-state index contributed by atoms with van der Waals surface area (Å²) in [5, 5.41) is 13.1. The van der Waals surface area contributed by atoms with E-state index >= 15 is 0 Å². The van der Waals surface area contributed by atoms with Crippen LogP contribution in [0.3, 0.4) is 0 Å². The van der Waals surface area contributed by atoms with Crippen molar-refractivity contribution in [3.05, 3.63) is 116 Å². The van der Waals surface area contributed by atoms with Crippen LogP contribution in [0, 0.1) is 27.9 Å². The Hall–Kier alpha value is -4.87. The number of esters is 1. The number of carbonyl (C=O) groups is 5. The van der Waals surface area contributed by atoms with E-state index in [-0.39, 0.29) is 39.1 Å². The number of hydrazine groups is 1. The largest absolute Gasteiger partial charge is 0.423 e. The average molecular weight is 636 g/mol. The molecular formula is C31H23Cl2N3O8. The van der Waals surface area contributed by atoms with E-state index < -0.39 is 52.8 Å². The van der Waals surface area contributed by atoms with E-state index in [1.807, 2.05) is 12.2 Å². The van der Waals surface area contributed by atoms with E-state index in [0.29, 0.717) is 11.4 Å². The van der Waals surface area contributed by atoms with Crippen LogP contribution in [0.15, 0.2) is 78.9 Å². The second-order valence-corrected chi connectivity index (χ2v) is 11.1. The second-order valence-electron chi connectivity index (χ2n) is 10.3. The molecule has 1 saturated heterocycles. The highest BCUT2D eigenvalue weighted by atomic mass is 35.5. The number of hydrogen-bond donors (Lipinski definition) is 0. The summed E-state index contributed by atoms with van der Waals surface area (Å²) in [6, 6.07) is 14.4. The number of ether oxygens (including phenoxy) is 1. The molecule has 0 unspecified atom stereocenters. The summed E-state index contributed by atoms with van der Waals surface area (Å²) in [5.41, 5.74) is -0.139. The van der Waals surface area contributed by atoms with Crippen molar-refractivity contribution in [2.45, 2.75) is 13.3 Å². The van der Waals surface area contributed by atoms with Gasteiger partial charge in [0.15, 0.2) is 5.78 Å². The molecule has 44 heavy (non-hydrogen) atoms. The minimum atomic E-state index is -0.861. The molecule has 1 heterocycles. The van der Waals surface area contributed by atoms with Crippen LogP contribution in [-0.4, -0.2) is 51.0 Å². The number of amides is 3. The molecule has 224 valence electrons. The number of benzene rings is 3. The number of nitrogens with zero attached hydrogens (tertiary/aromatic N) is 3. The predicted molar refractivity (Wildman–Crippen MR) is 158 cm³/mol. The van der Waals surface area contributed by atoms with Crippen molar-refractivity contribution in [2.75, 3.05) is 6.54 Å². The van der Waals surface area contributed by atoms with Crippen molar-refractivity contribution >= 4 is 58.4 Å². The molecule has 3 aromatic carbocycles. The topological polar surface area (TPSA) is 144 Å². The van der Waals surface area contributed by atoms with Gasteiger partial charge in [-0.05, 0) is 66.9 Å². The van der Waals surface area contributed by atoms with Gasteiger partial charge in [-0.1, -0.05) is 42.3 Å². The van der Waals surface area contributed by atoms with Crippen molar-refractivity contribution < 1.29 is 33.6 Å². The number of carbonyl (C=O) groups excluding carboxylic acids is 5. The van der Waals surface area contributed by atoms with Gasteiger partial charge in [0.25, 0.3) is 23.4 Å². The standard InChI is InChI=1S/C31H23Cl2N3O8/c1-17-3-2-4-24-27(17)30(40)35(29(24)39)34(28(38)19-5-10-21(11-6-19)36(42)43)16-26(37)18-7-12-22(13-8-18)44-31(41)23-14-9-20(32)15-25(23)33/h2-3,5-15,17,24,27H,4,16H2,1H3/t17-,24-,27-/m1/s1. The number of halogens is 2. The van der Waals surface area contributed by atoms with Crippen LogP contribution in [0.5, 0.6) is 5.75 Å². The molecule has 5 rings (SSSR count). The molecule has 0 aromatic heterocycles. The maximum Gasteiger partial charge on any atom is 0.345 e. The lowest BCUT2D eigenvalue weighted by atomic mass is 9.78. The quantitative estimate of drug-likeness (QED) is 0.0595. The molecule has 11 nitrogen and oxygen atoms in total. The van der Waals surface area contributed by atoms with Gasteiger partial charge in [-0.3, -0.25) is 29.3 Å². The zero-order valence-corrected chi connectivity index (χ0v) is 24.5. The highest BCUT2D eigenvalue weighted by molar-refractivity contribution is 6.36. The first kappa shape index (κ1) is 30.6. The fourth-order valence-electron chi connectivity index (χ4n) is 5.23. The third-order valence-corrected chi connectivity index (χ3v) is 8.03. The van der Waals surface area contributed by atoms with Gasteiger partial charge in [0.05, 0.1) is 27.3 Å². The zero-order valence-electron chi connectivity index (χ0n) is 23.0. The van der Waals surface area contributed by atoms with Crippen molar-refractivity contribution in [3.63, 3.8) is 0 Å². The molecule has 3 atom stereocenters. The number of non-ortho nitro benzene ring substituents is 1. The maximum absolute atomic E-state index is 13.7. The van der Waals surface area contributed by atoms with Gasteiger partial charge < -0.3 is 4.74 Å². The monoisotopic (exact) mass is 635 g/mol. The number of imide groups is 1. The number of allylic oxidation sites excluding steroid dienone is 2. The number of rotatable bonds is 8. The lowest BCUT2D eigenvalue weighted by molar-refractivity contribution is -0.384. The Morgan fingerprint density at radius 3 is 2.25 bits per heavy atom. The average Bonchev–Trinajstić information content (AvgIpc) is 3.25. The second kappa shape index (κ2) is 12.4. The first-order valence-corrected chi connectivity index (χ1v) is 14.1. The number of nitro benzene ring substituents is 1. The number of ketones is 1. The molecule has 0 N–H and O–H groups in total. The van der Waals surface area contributed by atoms with Gasteiger partial charge in [0.2, 0.25) is 0 Å². The minimum Gasteiger partial charge on any atom is -0.423 e. The van der Waals surface area contributed by atoms with Crippen molar-refractivity contribution in [1.82, 2.24) is 10.0 Å². The molecular weight excluding hydrogens is 613 g/mol. The summed E-state index contributed by atoms with van der Waals surface area (Å²) >= 11 is 11.9. The Morgan fingerprint density at radius 2 is 1.64 bits per heavy atom. The number of hydrogen-bond acceptors (Lipinski definition) is 8. The fourth-order valence-corrected chi connectivity index (χ4v) is 5.72. The summed E-state index contributed by atoms with van der Waals surface area (Å²) in [4.78, 5) is 77.1. The van der Waals surface area contributed by atoms with E-state index in [9.17, 15) is 34.1 Å². The van der Waals surface area contributed by atoms with Gasteiger partial charge in [0, 0.05) is 28.3 Å². The number of nitro groups is 1. The van der Waals surface area contributed by atoms with E-state index in [1.165, 1.54) is 54.6 Å². The highest BCUT2D eigenvalue weighted by Crippen LogP contribution is 2.39. The first-order chi connectivity index (χ1) is 21.0. The van der Waals surface area contributed by atoms with E-state index in [0.717, 1.165) is 22.2 Å². The molecule has 3 amide bonds. The van der Waals surface area contributed by atoms with Crippen LogP contribution >= 0.6 is 23.2 Å². The van der Waals surface area contributed by atoms with Gasteiger partial charge in [0.1, 0.15) is 12.3 Å². The predicted octanol–water partition coefficient (Wildman–Crippen LogP) is 5.56.